The molecular formula is C27H31N3O3. The highest BCUT2D eigenvalue weighted by molar-refractivity contribution is 5.96. The Bertz CT molecular complexity index is 1050. The minimum Gasteiger partial charge on any atom is -0.494 e. The minimum absolute atomic E-state index is 0.0758. The first-order valence-electron chi connectivity index (χ1n) is 11.3. The first kappa shape index (κ1) is 23.9. The van der Waals surface area contributed by atoms with Gasteiger partial charge in [0.2, 0.25) is 5.91 Å². The van der Waals surface area contributed by atoms with Crippen molar-refractivity contribution >= 4 is 23.2 Å². The molecule has 0 aromatic heterocycles. The minimum atomic E-state index is -0.187. The summed E-state index contributed by atoms with van der Waals surface area (Å²) in [5, 5.41) is 8.94. The lowest BCUT2D eigenvalue weighted by Gasteiger charge is -2.15. The van der Waals surface area contributed by atoms with Crippen molar-refractivity contribution in [3.05, 3.63) is 90.0 Å². The molecule has 3 rings (SSSR count). The lowest BCUT2D eigenvalue weighted by atomic mass is 10.1. The van der Waals surface area contributed by atoms with Gasteiger partial charge in [-0.3, -0.25) is 9.59 Å². The second kappa shape index (κ2) is 12.3. The maximum Gasteiger partial charge on any atom is 0.251 e. The predicted molar refractivity (Wildman–Crippen MR) is 133 cm³/mol. The smallest absolute Gasteiger partial charge is 0.251 e. The number of hydrogen-bond donors (Lipinski definition) is 3. The Morgan fingerprint density at radius 1 is 0.909 bits per heavy atom. The van der Waals surface area contributed by atoms with Crippen LogP contribution in [0.5, 0.6) is 5.75 Å². The van der Waals surface area contributed by atoms with Crippen LogP contribution in [0.15, 0.2) is 78.9 Å². The Kier molecular flexibility index (Phi) is 8.88. The van der Waals surface area contributed by atoms with Gasteiger partial charge >= 0.3 is 0 Å². The molecule has 172 valence electrons. The molecule has 33 heavy (non-hydrogen) atoms. The molecule has 3 N–H and O–H groups in total. The molecule has 3 aromatic rings. The van der Waals surface area contributed by atoms with Crippen molar-refractivity contribution in [1.82, 2.24) is 5.32 Å². The molecule has 0 saturated carbocycles. The van der Waals surface area contributed by atoms with Crippen LogP contribution >= 0.6 is 0 Å². The van der Waals surface area contributed by atoms with Crippen LogP contribution in [0, 0.1) is 0 Å². The molecule has 0 radical (unpaired) electrons. The number of nitrogens with one attached hydrogen (secondary N) is 3. The number of benzene rings is 3. The number of carbonyl (C=O) groups is 2. The van der Waals surface area contributed by atoms with Gasteiger partial charge in [0.1, 0.15) is 5.75 Å². The van der Waals surface area contributed by atoms with Crippen LogP contribution in [0.3, 0.4) is 0 Å². The van der Waals surface area contributed by atoms with E-state index in [1.54, 1.807) is 18.2 Å². The summed E-state index contributed by atoms with van der Waals surface area (Å²) in [5.74, 6) is 0.380. The first-order chi connectivity index (χ1) is 16.0. The van der Waals surface area contributed by atoms with Crippen LogP contribution in [0.1, 0.15) is 48.7 Å². The maximum absolute atomic E-state index is 12.7. The first-order valence-corrected chi connectivity index (χ1v) is 11.3. The molecule has 1 atom stereocenters. The van der Waals surface area contributed by atoms with Crippen molar-refractivity contribution in [2.24, 2.45) is 0 Å². The van der Waals surface area contributed by atoms with E-state index < -0.39 is 0 Å². The normalized spacial score (nSPS) is 11.3. The fourth-order valence-electron chi connectivity index (χ4n) is 3.26. The molecule has 2 amide bonds. The summed E-state index contributed by atoms with van der Waals surface area (Å²) < 4.78 is 5.68. The number of rotatable bonds is 11. The summed E-state index contributed by atoms with van der Waals surface area (Å²) >= 11 is 0. The van der Waals surface area contributed by atoms with Gasteiger partial charge in [0.15, 0.2) is 0 Å². The standard InChI is InChI=1S/C27H31N3O3/c1-3-4-16-33-25-15-9-14-24(18-25)30-26(31)19-28-23-13-8-12-22(17-23)27(32)29-20(2)21-10-6-5-7-11-21/h5-15,17-18,20,28H,3-4,16,19H2,1-2H3,(H,29,32)(H,30,31). The molecule has 6 nitrogen and oxygen atoms in total. The summed E-state index contributed by atoms with van der Waals surface area (Å²) in [4.78, 5) is 25.0. The molecule has 1 unspecified atom stereocenters. The lowest BCUT2D eigenvalue weighted by Crippen LogP contribution is -2.26. The van der Waals surface area contributed by atoms with Gasteiger partial charge in [-0.15, -0.1) is 0 Å². The third-order valence-electron chi connectivity index (χ3n) is 5.11. The van der Waals surface area contributed by atoms with Gasteiger partial charge in [0.25, 0.3) is 5.91 Å². The Labute approximate surface area is 195 Å². The lowest BCUT2D eigenvalue weighted by molar-refractivity contribution is -0.114. The van der Waals surface area contributed by atoms with Crippen LogP contribution in [0.25, 0.3) is 0 Å². The summed E-state index contributed by atoms with van der Waals surface area (Å²) in [5.41, 5.74) is 2.94. The van der Waals surface area contributed by atoms with E-state index in [0.29, 0.717) is 23.5 Å². The zero-order chi connectivity index (χ0) is 23.5. The van der Waals surface area contributed by atoms with Crippen molar-refractivity contribution < 1.29 is 14.3 Å². The zero-order valence-corrected chi connectivity index (χ0v) is 19.1. The Hall–Kier alpha value is -3.80. The largest absolute Gasteiger partial charge is 0.494 e. The van der Waals surface area contributed by atoms with Gasteiger partial charge in [-0.2, -0.15) is 0 Å². The summed E-state index contributed by atoms with van der Waals surface area (Å²) in [7, 11) is 0. The number of ether oxygens (including phenoxy) is 1. The third kappa shape index (κ3) is 7.68. The van der Waals surface area contributed by atoms with Gasteiger partial charge in [-0.05, 0) is 49.2 Å². The monoisotopic (exact) mass is 445 g/mol. The third-order valence-corrected chi connectivity index (χ3v) is 5.11. The Balaban J connectivity index is 1.51. The van der Waals surface area contributed by atoms with E-state index in [1.165, 1.54) is 0 Å². The number of unbranched alkanes of at least 4 members (excludes halogenated alkanes) is 1. The molecule has 0 aliphatic rings. The molecule has 0 spiro atoms. The van der Waals surface area contributed by atoms with E-state index in [2.05, 4.69) is 22.9 Å². The topological polar surface area (TPSA) is 79.5 Å². The second-order valence-corrected chi connectivity index (χ2v) is 7.82. The highest BCUT2D eigenvalue weighted by Crippen LogP contribution is 2.18. The van der Waals surface area contributed by atoms with E-state index in [4.69, 9.17) is 4.74 Å². The molecule has 6 heteroatoms. The van der Waals surface area contributed by atoms with Crippen LogP contribution in [-0.4, -0.2) is 25.0 Å². The molecule has 0 fully saturated rings. The number of anilines is 2. The van der Waals surface area contributed by atoms with Crippen LogP contribution in [-0.2, 0) is 4.79 Å². The Morgan fingerprint density at radius 2 is 1.67 bits per heavy atom. The van der Waals surface area contributed by atoms with Gasteiger partial charge in [0, 0.05) is 23.0 Å². The number of amides is 2. The van der Waals surface area contributed by atoms with Crippen molar-refractivity contribution in [2.45, 2.75) is 32.7 Å². The summed E-state index contributed by atoms with van der Waals surface area (Å²) in [6.45, 7) is 4.79. The number of hydrogen-bond acceptors (Lipinski definition) is 4. The predicted octanol–water partition coefficient (Wildman–Crippen LogP) is 5.41. The van der Waals surface area contributed by atoms with Gasteiger partial charge < -0.3 is 20.7 Å². The molecule has 0 bridgehead atoms. The quantitative estimate of drug-likeness (QED) is 0.345. The van der Waals surface area contributed by atoms with E-state index in [1.807, 2.05) is 67.6 Å². The fourth-order valence-corrected chi connectivity index (χ4v) is 3.26. The van der Waals surface area contributed by atoms with Crippen molar-refractivity contribution in [2.75, 3.05) is 23.8 Å². The second-order valence-electron chi connectivity index (χ2n) is 7.82. The summed E-state index contributed by atoms with van der Waals surface area (Å²) in [6.07, 6.45) is 2.06. The van der Waals surface area contributed by atoms with E-state index in [9.17, 15) is 9.59 Å². The van der Waals surface area contributed by atoms with E-state index >= 15 is 0 Å². The van der Waals surface area contributed by atoms with Gasteiger partial charge in [-0.25, -0.2) is 0 Å². The Morgan fingerprint density at radius 3 is 2.45 bits per heavy atom. The molecule has 0 heterocycles. The highest BCUT2D eigenvalue weighted by atomic mass is 16.5. The van der Waals surface area contributed by atoms with Gasteiger partial charge in [-0.1, -0.05) is 55.8 Å². The zero-order valence-electron chi connectivity index (χ0n) is 19.1. The van der Waals surface area contributed by atoms with Gasteiger partial charge in [0.05, 0.1) is 19.2 Å². The van der Waals surface area contributed by atoms with E-state index in [0.717, 1.165) is 24.2 Å². The van der Waals surface area contributed by atoms with E-state index in [-0.39, 0.29) is 24.4 Å². The molecule has 0 aliphatic carbocycles. The fraction of sp³-hybridized carbons (Fsp3) is 0.259. The average Bonchev–Trinajstić information content (AvgIpc) is 2.84. The average molecular weight is 446 g/mol. The van der Waals surface area contributed by atoms with Crippen molar-refractivity contribution in [1.29, 1.82) is 0 Å². The maximum atomic E-state index is 12.7. The summed E-state index contributed by atoms with van der Waals surface area (Å²) in [6, 6.07) is 24.2. The van der Waals surface area contributed by atoms with Crippen molar-refractivity contribution in [3.63, 3.8) is 0 Å². The number of carbonyl (C=O) groups excluding carboxylic acids is 2. The SMILES string of the molecule is CCCCOc1cccc(NC(=O)CNc2cccc(C(=O)NC(C)c3ccccc3)c2)c1. The molecular weight excluding hydrogens is 414 g/mol. The van der Waals surface area contributed by atoms with Crippen LogP contribution in [0.4, 0.5) is 11.4 Å². The van der Waals surface area contributed by atoms with Crippen LogP contribution in [0.2, 0.25) is 0 Å². The molecule has 0 saturated heterocycles. The molecule has 3 aromatic carbocycles. The molecule has 0 aliphatic heterocycles. The van der Waals surface area contributed by atoms with Crippen molar-refractivity contribution in [3.8, 4) is 5.75 Å². The van der Waals surface area contributed by atoms with Crippen LogP contribution < -0.4 is 20.7 Å². The highest BCUT2D eigenvalue weighted by Gasteiger charge is 2.12.